The standard InChI is InChI=1S/C24H18FN9O2S/c1-37(35,36)29-11-13-8-14(10-15(25)9-13)20-21-17(4-5-28-20)31-24(32-21)23-22-18(33-34-23)3-2-16(30-22)19-12-26-6-7-27-19/h2-10,12,29H,11H2,1H3,(H,31,32)(H,33,34). The Morgan fingerprint density at radius 3 is 2.59 bits per heavy atom. The van der Waals surface area contributed by atoms with Crippen LogP contribution in [0.15, 0.2) is 61.2 Å². The van der Waals surface area contributed by atoms with E-state index in [1.165, 1.54) is 12.1 Å². The number of pyridine rings is 2. The minimum atomic E-state index is -3.44. The van der Waals surface area contributed by atoms with E-state index in [4.69, 9.17) is 9.97 Å². The van der Waals surface area contributed by atoms with E-state index < -0.39 is 15.8 Å². The minimum Gasteiger partial charge on any atom is -0.336 e. The van der Waals surface area contributed by atoms with E-state index in [1.54, 1.807) is 36.9 Å². The number of hydrogen-bond donors (Lipinski definition) is 3. The Balaban J connectivity index is 1.44. The Morgan fingerprint density at radius 1 is 0.919 bits per heavy atom. The second-order valence-corrected chi connectivity index (χ2v) is 10.2. The fraction of sp³-hybridized carbons (Fsp3) is 0.0833. The molecule has 6 rings (SSSR count). The molecule has 0 saturated heterocycles. The minimum absolute atomic E-state index is 0.0512. The molecule has 6 aromatic rings. The number of halogens is 1. The molecule has 0 spiro atoms. The van der Waals surface area contributed by atoms with Crippen molar-refractivity contribution >= 4 is 32.1 Å². The lowest BCUT2D eigenvalue weighted by atomic mass is 10.1. The van der Waals surface area contributed by atoms with Crippen LogP contribution < -0.4 is 4.72 Å². The molecule has 13 heteroatoms. The summed E-state index contributed by atoms with van der Waals surface area (Å²) in [7, 11) is -3.44. The van der Waals surface area contributed by atoms with E-state index in [-0.39, 0.29) is 6.54 Å². The molecular weight excluding hydrogens is 497 g/mol. The molecule has 0 aliphatic carbocycles. The lowest BCUT2D eigenvalue weighted by Crippen LogP contribution is -2.21. The molecule has 0 unspecified atom stereocenters. The lowest BCUT2D eigenvalue weighted by Gasteiger charge is -2.07. The van der Waals surface area contributed by atoms with Crippen LogP contribution in [0.25, 0.3) is 56.2 Å². The fourth-order valence-electron chi connectivity index (χ4n) is 4.00. The Labute approximate surface area is 209 Å². The molecular formula is C24H18FN9O2S. The van der Waals surface area contributed by atoms with Crippen molar-refractivity contribution in [1.82, 2.24) is 44.8 Å². The van der Waals surface area contributed by atoms with Gasteiger partial charge in [0.1, 0.15) is 22.5 Å². The maximum atomic E-state index is 14.4. The zero-order valence-corrected chi connectivity index (χ0v) is 20.1. The van der Waals surface area contributed by atoms with Crippen molar-refractivity contribution in [2.24, 2.45) is 0 Å². The van der Waals surface area contributed by atoms with Gasteiger partial charge in [-0.3, -0.25) is 20.1 Å². The zero-order chi connectivity index (χ0) is 25.6. The zero-order valence-electron chi connectivity index (χ0n) is 19.3. The quantitative estimate of drug-likeness (QED) is 0.305. The summed E-state index contributed by atoms with van der Waals surface area (Å²) in [5.41, 5.74) is 5.60. The predicted molar refractivity (Wildman–Crippen MR) is 135 cm³/mol. The lowest BCUT2D eigenvalue weighted by molar-refractivity contribution is 0.586. The van der Waals surface area contributed by atoms with E-state index in [0.29, 0.717) is 56.3 Å². The number of nitrogens with zero attached hydrogens (tertiary/aromatic N) is 6. The maximum absolute atomic E-state index is 14.4. The van der Waals surface area contributed by atoms with Crippen molar-refractivity contribution in [2.45, 2.75) is 6.54 Å². The molecule has 0 amide bonds. The number of aromatic amines is 2. The van der Waals surface area contributed by atoms with Gasteiger partial charge >= 0.3 is 0 Å². The smallest absolute Gasteiger partial charge is 0.209 e. The van der Waals surface area contributed by atoms with E-state index >= 15 is 0 Å². The Morgan fingerprint density at radius 2 is 1.78 bits per heavy atom. The number of sulfonamides is 1. The SMILES string of the molecule is CS(=O)(=O)NCc1cc(F)cc(-c2nccc3[nH]c(-c4n[nH]c5ccc(-c6cnccn6)nc45)nc23)c1. The van der Waals surface area contributed by atoms with Crippen LogP contribution >= 0.6 is 0 Å². The van der Waals surface area contributed by atoms with Crippen LogP contribution in [-0.2, 0) is 16.6 Å². The highest BCUT2D eigenvalue weighted by Gasteiger charge is 2.18. The second kappa shape index (κ2) is 8.80. The predicted octanol–water partition coefficient (Wildman–Crippen LogP) is 3.21. The van der Waals surface area contributed by atoms with E-state index in [1.807, 2.05) is 12.1 Å². The van der Waals surface area contributed by atoms with Crippen LogP contribution in [-0.4, -0.2) is 54.8 Å². The summed E-state index contributed by atoms with van der Waals surface area (Å²) < 4.78 is 39.8. The fourth-order valence-corrected chi connectivity index (χ4v) is 4.43. The monoisotopic (exact) mass is 515 g/mol. The van der Waals surface area contributed by atoms with Gasteiger partial charge < -0.3 is 4.98 Å². The van der Waals surface area contributed by atoms with Crippen LogP contribution in [0.1, 0.15) is 5.56 Å². The van der Waals surface area contributed by atoms with E-state index in [9.17, 15) is 12.8 Å². The van der Waals surface area contributed by atoms with Crippen molar-refractivity contribution in [3.05, 3.63) is 72.6 Å². The van der Waals surface area contributed by atoms with Crippen molar-refractivity contribution in [2.75, 3.05) is 6.26 Å². The van der Waals surface area contributed by atoms with Crippen LogP contribution in [0.5, 0.6) is 0 Å². The highest BCUT2D eigenvalue weighted by molar-refractivity contribution is 7.88. The molecule has 184 valence electrons. The van der Waals surface area contributed by atoms with Gasteiger partial charge in [-0.25, -0.2) is 27.5 Å². The van der Waals surface area contributed by atoms with Crippen LogP contribution in [0.4, 0.5) is 4.39 Å². The summed E-state index contributed by atoms with van der Waals surface area (Å²) in [5, 5.41) is 7.38. The molecule has 0 aliphatic heterocycles. The normalized spacial score (nSPS) is 11.9. The van der Waals surface area contributed by atoms with E-state index in [0.717, 1.165) is 11.8 Å². The van der Waals surface area contributed by atoms with Gasteiger partial charge in [0, 0.05) is 30.7 Å². The molecule has 5 aromatic heterocycles. The van der Waals surface area contributed by atoms with Gasteiger partial charge in [0.2, 0.25) is 10.0 Å². The number of fused-ring (bicyclic) bond motifs is 2. The summed E-state index contributed by atoms with van der Waals surface area (Å²) in [6.07, 6.45) is 7.46. The van der Waals surface area contributed by atoms with Gasteiger partial charge in [-0.15, -0.1) is 0 Å². The van der Waals surface area contributed by atoms with Crippen molar-refractivity contribution < 1.29 is 12.8 Å². The number of aromatic nitrogens is 8. The molecule has 0 atom stereocenters. The van der Waals surface area contributed by atoms with Gasteiger partial charge in [-0.05, 0) is 42.0 Å². The molecule has 0 fully saturated rings. The molecule has 0 bridgehead atoms. The molecule has 1 aromatic carbocycles. The summed E-state index contributed by atoms with van der Waals surface area (Å²) in [5.74, 6) is -0.0638. The third-order valence-corrected chi connectivity index (χ3v) is 6.30. The molecule has 5 heterocycles. The Kier molecular flexibility index (Phi) is 5.43. The van der Waals surface area contributed by atoms with Gasteiger partial charge in [-0.1, -0.05) is 0 Å². The van der Waals surface area contributed by atoms with Gasteiger partial charge in [0.25, 0.3) is 0 Å². The highest BCUT2D eigenvalue weighted by Crippen LogP contribution is 2.31. The van der Waals surface area contributed by atoms with Gasteiger partial charge in [-0.2, -0.15) is 5.10 Å². The average Bonchev–Trinajstić information content (AvgIpc) is 3.51. The largest absolute Gasteiger partial charge is 0.336 e. The summed E-state index contributed by atoms with van der Waals surface area (Å²) in [6.45, 7) is -0.0512. The molecule has 0 radical (unpaired) electrons. The molecule has 11 nitrogen and oxygen atoms in total. The van der Waals surface area contributed by atoms with Crippen molar-refractivity contribution in [3.63, 3.8) is 0 Å². The summed E-state index contributed by atoms with van der Waals surface area (Å²) in [4.78, 5) is 25.5. The summed E-state index contributed by atoms with van der Waals surface area (Å²) >= 11 is 0. The molecule has 0 saturated carbocycles. The Bertz CT molecular complexity index is 1890. The first-order valence-electron chi connectivity index (χ1n) is 11.1. The third-order valence-electron chi connectivity index (χ3n) is 5.63. The third kappa shape index (κ3) is 4.52. The number of benzene rings is 1. The first kappa shape index (κ1) is 22.8. The number of H-pyrrole nitrogens is 2. The Hall–Kier alpha value is -4.62. The van der Waals surface area contributed by atoms with E-state index in [2.05, 4.69) is 34.9 Å². The van der Waals surface area contributed by atoms with Crippen LogP contribution in [0.3, 0.4) is 0 Å². The molecule has 37 heavy (non-hydrogen) atoms. The topological polar surface area (TPSA) is 155 Å². The number of hydrogen-bond acceptors (Lipinski definition) is 8. The highest BCUT2D eigenvalue weighted by atomic mass is 32.2. The first-order valence-corrected chi connectivity index (χ1v) is 12.9. The molecule has 0 aliphatic rings. The van der Waals surface area contributed by atoms with Crippen LogP contribution in [0.2, 0.25) is 0 Å². The first-order chi connectivity index (χ1) is 17.8. The van der Waals surface area contributed by atoms with Crippen molar-refractivity contribution in [1.29, 1.82) is 0 Å². The second-order valence-electron chi connectivity index (χ2n) is 8.34. The van der Waals surface area contributed by atoms with Gasteiger partial charge in [0.15, 0.2) is 11.5 Å². The average molecular weight is 516 g/mol. The molecule has 3 N–H and O–H groups in total. The summed E-state index contributed by atoms with van der Waals surface area (Å²) in [6, 6.07) is 9.73. The van der Waals surface area contributed by atoms with Crippen LogP contribution in [0, 0.1) is 5.82 Å². The maximum Gasteiger partial charge on any atom is 0.209 e. The van der Waals surface area contributed by atoms with Crippen molar-refractivity contribution in [3.8, 4) is 34.2 Å². The number of nitrogens with one attached hydrogen (secondary N) is 3. The van der Waals surface area contributed by atoms with Gasteiger partial charge in [0.05, 0.1) is 34.9 Å². The number of imidazole rings is 1. The number of rotatable bonds is 6.